The van der Waals surface area contributed by atoms with Gasteiger partial charge < -0.3 is 10.0 Å². The molecule has 94 valence electrons. The highest BCUT2D eigenvalue weighted by molar-refractivity contribution is 5.97. The molecule has 2 rings (SSSR count). The van der Waals surface area contributed by atoms with Crippen molar-refractivity contribution >= 4 is 11.6 Å². The van der Waals surface area contributed by atoms with Crippen molar-refractivity contribution in [3.63, 3.8) is 0 Å². The summed E-state index contributed by atoms with van der Waals surface area (Å²) in [7, 11) is 0. The van der Waals surface area contributed by atoms with Crippen LogP contribution in [0.5, 0.6) is 0 Å². The fraction of sp³-hybridized carbons (Fsp3) is 0.385. The van der Waals surface area contributed by atoms with Gasteiger partial charge in [-0.3, -0.25) is 4.79 Å². The molecule has 1 saturated heterocycles. The highest BCUT2D eigenvalue weighted by atomic mass is 19.1. The third-order valence-corrected chi connectivity index (χ3v) is 3.35. The average molecular weight is 248 g/mol. The first-order valence-corrected chi connectivity index (χ1v) is 5.66. The van der Waals surface area contributed by atoms with Crippen LogP contribution in [0.15, 0.2) is 12.1 Å². The zero-order valence-corrected chi connectivity index (χ0v) is 10.1. The fourth-order valence-electron chi connectivity index (χ4n) is 2.22. The molecule has 0 bridgehead atoms. The maximum atomic E-state index is 13.8. The van der Waals surface area contributed by atoms with Crippen LogP contribution in [0, 0.1) is 24.1 Å². The predicted molar refractivity (Wildman–Crippen MR) is 63.4 cm³/mol. The number of hydrogen-bond acceptors (Lipinski definition) is 3. The van der Waals surface area contributed by atoms with Gasteiger partial charge in [-0.25, -0.2) is 4.39 Å². The molecule has 0 saturated carbocycles. The molecule has 2 atom stereocenters. The summed E-state index contributed by atoms with van der Waals surface area (Å²) in [5, 5.41) is 18.4. The summed E-state index contributed by atoms with van der Waals surface area (Å²) in [5.74, 6) is -0.849. The normalized spacial score (nSPS) is 23.3. The Labute approximate surface area is 104 Å². The number of carbonyl (C=O) groups is 1. The number of halogens is 1. The highest BCUT2D eigenvalue weighted by Gasteiger charge is 2.37. The third-order valence-electron chi connectivity index (χ3n) is 3.35. The van der Waals surface area contributed by atoms with E-state index in [9.17, 15) is 14.3 Å². The fourth-order valence-corrected chi connectivity index (χ4v) is 2.22. The molecule has 0 aliphatic carbocycles. The smallest absolute Gasteiger partial charge is 0.230 e. The molecule has 2 unspecified atom stereocenters. The van der Waals surface area contributed by atoms with Crippen molar-refractivity contribution in [1.29, 1.82) is 5.26 Å². The molecule has 0 radical (unpaired) electrons. The lowest BCUT2D eigenvalue weighted by atomic mass is 10.1. The van der Waals surface area contributed by atoms with E-state index < -0.39 is 11.9 Å². The summed E-state index contributed by atoms with van der Waals surface area (Å²) in [6.45, 7) is 3.24. The van der Waals surface area contributed by atoms with Gasteiger partial charge in [-0.2, -0.15) is 5.26 Å². The highest BCUT2D eigenvalue weighted by Crippen LogP contribution is 2.31. The van der Waals surface area contributed by atoms with Gasteiger partial charge in [0.05, 0.1) is 24.1 Å². The van der Waals surface area contributed by atoms with Crippen LogP contribution in [0.2, 0.25) is 0 Å². The molecule has 1 heterocycles. The van der Waals surface area contributed by atoms with E-state index in [0.717, 1.165) is 0 Å². The Hall–Kier alpha value is -1.93. The molecular weight excluding hydrogens is 235 g/mol. The van der Waals surface area contributed by atoms with Crippen molar-refractivity contribution in [2.24, 2.45) is 0 Å². The molecule has 4 nitrogen and oxygen atoms in total. The van der Waals surface area contributed by atoms with Gasteiger partial charge in [-0.1, -0.05) is 0 Å². The van der Waals surface area contributed by atoms with Gasteiger partial charge in [0.25, 0.3) is 0 Å². The van der Waals surface area contributed by atoms with Crippen LogP contribution < -0.4 is 4.90 Å². The lowest BCUT2D eigenvalue weighted by Gasteiger charge is -2.25. The second-order valence-corrected chi connectivity index (χ2v) is 4.46. The van der Waals surface area contributed by atoms with Crippen molar-refractivity contribution in [3.05, 3.63) is 29.1 Å². The largest absolute Gasteiger partial charge is 0.390 e. The van der Waals surface area contributed by atoms with E-state index in [1.54, 1.807) is 19.1 Å². The number of hydrogen-bond donors (Lipinski definition) is 1. The van der Waals surface area contributed by atoms with Gasteiger partial charge in [0.15, 0.2) is 0 Å². The van der Waals surface area contributed by atoms with E-state index >= 15 is 0 Å². The summed E-state index contributed by atoms with van der Waals surface area (Å²) in [5.41, 5.74) is 0.625. The van der Waals surface area contributed by atoms with E-state index in [0.29, 0.717) is 5.69 Å². The van der Waals surface area contributed by atoms with Crippen molar-refractivity contribution in [3.8, 4) is 6.07 Å². The van der Waals surface area contributed by atoms with E-state index in [4.69, 9.17) is 5.26 Å². The quantitative estimate of drug-likeness (QED) is 0.819. The third kappa shape index (κ3) is 1.75. The number of nitriles is 1. The minimum Gasteiger partial charge on any atom is -0.390 e. The first-order chi connectivity index (χ1) is 8.47. The number of aliphatic hydroxyl groups is 1. The number of anilines is 1. The molecule has 0 aromatic heterocycles. The number of rotatable bonds is 1. The van der Waals surface area contributed by atoms with Gasteiger partial charge >= 0.3 is 0 Å². The van der Waals surface area contributed by atoms with Crippen LogP contribution in [0.1, 0.15) is 24.5 Å². The van der Waals surface area contributed by atoms with Crippen molar-refractivity contribution in [2.45, 2.75) is 32.4 Å². The van der Waals surface area contributed by atoms with E-state index in [-0.39, 0.29) is 29.5 Å². The lowest BCUT2D eigenvalue weighted by Crippen LogP contribution is -2.35. The zero-order valence-electron chi connectivity index (χ0n) is 10.1. The summed E-state index contributed by atoms with van der Waals surface area (Å²) < 4.78 is 13.8. The molecule has 5 heteroatoms. The van der Waals surface area contributed by atoms with Crippen LogP contribution in [-0.2, 0) is 4.79 Å². The Morgan fingerprint density at radius 2 is 2.22 bits per heavy atom. The molecular formula is C13H13FN2O2. The Morgan fingerprint density at radius 1 is 1.56 bits per heavy atom. The van der Waals surface area contributed by atoms with Gasteiger partial charge in [0, 0.05) is 11.3 Å². The first-order valence-electron chi connectivity index (χ1n) is 5.66. The number of nitrogens with zero attached hydrogens (tertiary/aromatic N) is 2. The topological polar surface area (TPSA) is 64.3 Å². The molecule has 1 aromatic rings. The van der Waals surface area contributed by atoms with Crippen molar-refractivity contribution in [2.75, 3.05) is 4.90 Å². The summed E-state index contributed by atoms with van der Waals surface area (Å²) in [6, 6.07) is 4.27. The van der Waals surface area contributed by atoms with Crippen LogP contribution in [0.4, 0.5) is 10.1 Å². The monoisotopic (exact) mass is 248 g/mol. The Balaban J connectivity index is 2.50. The van der Waals surface area contributed by atoms with Gasteiger partial charge in [0.2, 0.25) is 5.91 Å². The molecule has 1 N–H and O–H groups in total. The van der Waals surface area contributed by atoms with Crippen LogP contribution in [-0.4, -0.2) is 23.2 Å². The van der Waals surface area contributed by atoms with E-state index in [2.05, 4.69) is 0 Å². The molecule has 1 amide bonds. The summed E-state index contributed by atoms with van der Waals surface area (Å²) >= 11 is 0. The van der Waals surface area contributed by atoms with Gasteiger partial charge in [0.1, 0.15) is 11.9 Å². The Bertz CT molecular complexity index is 551. The van der Waals surface area contributed by atoms with Crippen molar-refractivity contribution < 1.29 is 14.3 Å². The van der Waals surface area contributed by atoms with Gasteiger partial charge in [-0.15, -0.1) is 0 Å². The summed E-state index contributed by atoms with van der Waals surface area (Å²) in [6.07, 6.45) is -0.696. The average Bonchev–Trinajstić information content (AvgIpc) is 2.58. The van der Waals surface area contributed by atoms with Crippen LogP contribution >= 0.6 is 0 Å². The maximum Gasteiger partial charge on any atom is 0.230 e. The lowest BCUT2D eigenvalue weighted by molar-refractivity contribution is -0.117. The summed E-state index contributed by atoms with van der Waals surface area (Å²) in [4.78, 5) is 13.2. The molecule has 1 aliphatic heterocycles. The van der Waals surface area contributed by atoms with Crippen LogP contribution in [0.25, 0.3) is 0 Å². The second-order valence-electron chi connectivity index (χ2n) is 4.46. The zero-order chi connectivity index (χ0) is 13.4. The van der Waals surface area contributed by atoms with Crippen LogP contribution in [0.3, 0.4) is 0 Å². The van der Waals surface area contributed by atoms with Gasteiger partial charge in [-0.05, 0) is 26.0 Å². The number of aliphatic hydroxyl groups excluding tert-OH is 1. The molecule has 0 spiro atoms. The molecule has 1 aliphatic rings. The maximum absolute atomic E-state index is 13.8. The minimum absolute atomic E-state index is 0.0439. The molecule has 18 heavy (non-hydrogen) atoms. The van der Waals surface area contributed by atoms with Crippen molar-refractivity contribution in [1.82, 2.24) is 0 Å². The SMILES string of the molecule is Cc1c(N2C(=O)CC(O)C2C)ccc(C#N)c1F. The molecule has 1 fully saturated rings. The minimum atomic E-state index is -0.740. The Morgan fingerprint density at radius 3 is 2.72 bits per heavy atom. The predicted octanol–water partition coefficient (Wildman–Crippen LogP) is 1.49. The first kappa shape index (κ1) is 12.5. The number of benzene rings is 1. The number of carbonyl (C=O) groups excluding carboxylic acids is 1. The van der Waals surface area contributed by atoms with E-state index in [1.165, 1.54) is 17.9 Å². The Kier molecular flexibility index (Phi) is 3.05. The number of amides is 1. The second kappa shape index (κ2) is 4.39. The standard InChI is InChI=1S/C13H13FN2O2/c1-7-10(4-3-9(6-15)13(7)14)16-8(2)11(17)5-12(16)18/h3-4,8,11,17H,5H2,1-2H3. The molecule has 1 aromatic carbocycles. The van der Waals surface area contributed by atoms with E-state index in [1.807, 2.05) is 0 Å².